The molecular formula is C23H26N6O4. The van der Waals surface area contributed by atoms with Gasteiger partial charge in [0.05, 0.1) is 37.1 Å². The molecule has 2 saturated heterocycles. The Morgan fingerprint density at radius 3 is 2.42 bits per heavy atom. The quantitative estimate of drug-likeness (QED) is 0.630. The maximum absolute atomic E-state index is 12.9. The highest BCUT2D eigenvalue weighted by Crippen LogP contribution is 2.25. The van der Waals surface area contributed by atoms with Crippen LogP contribution in [0.5, 0.6) is 0 Å². The summed E-state index contributed by atoms with van der Waals surface area (Å²) in [5, 5.41) is 20.1. The van der Waals surface area contributed by atoms with Crippen LogP contribution in [0.4, 0.5) is 0 Å². The lowest BCUT2D eigenvalue weighted by atomic mass is 9.91. The number of rotatable bonds is 4. The zero-order valence-electron chi connectivity index (χ0n) is 18.3. The normalized spacial score (nSPS) is 18.5. The molecule has 0 radical (unpaired) electrons. The number of likely N-dealkylation sites (tertiary alicyclic amines) is 1. The summed E-state index contributed by atoms with van der Waals surface area (Å²) < 4.78 is 6.79. The van der Waals surface area contributed by atoms with Gasteiger partial charge in [-0.1, -0.05) is 29.5 Å². The lowest BCUT2D eigenvalue weighted by Gasteiger charge is -2.37. The summed E-state index contributed by atoms with van der Waals surface area (Å²) in [5.74, 6) is -0.318. The van der Waals surface area contributed by atoms with Gasteiger partial charge in [0.2, 0.25) is 0 Å². The molecule has 0 spiro atoms. The second-order valence-electron chi connectivity index (χ2n) is 8.61. The average Bonchev–Trinajstić information content (AvgIpc) is 3.31. The number of piperidine rings is 1. The van der Waals surface area contributed by atoms with Crippen LogP contribution in [0.3, 0.4) is 0 Å². The molecule has 10 nitrogen and oxygen atoms in total. The number of nitrogens with zero attached hydrogens (tertiary/aromatic N) is 6. The number of hydrogen-bond acceptors (Lipinski definition) is 7. The molecule has 5 rings (SSSR count). The molecule has 2 fully saturated rings. The Morgan fingerprint density at radius 2 is 1.64 bits per heavy atom. The second-order valence-corrected chi connectivity index (χ2v) is 8.61. The van der Waals surface area contributed by atoms with Crippen LogP contribution in [0, 0.1) is 0 Å². The zero-order chi connectivity index (χ0) is 22.8. The number of hydrogen-bond donors (Lipinski definition) is 1. The molecule has 2 aromatic heterocycles. The van der Waals surface area contributed by atoms with Crippen LogP contribution in [0.2, 0.25) is 0 Å². The number of ether oxygens (including phenoxy) is 1. The van der Waals surface area contributed by atoms with Crippen LogP contribution in [-0.4, -0.2) is 91.7 Å². The van der Waals surface area contributed by atoms with Crippen LogP contribution in [-0.2, 0) is 11.3 Å². The van der Waals surface area contributed by atoms with E-state index in [4.69, 9.17) is 4.74 Å². The Labute approximate surface area is 190 Å². The fourth-order valence-corrected chi connectivity index (χ4v) is 4.33. The highest BCUT2D eigenvalue weighted by Gasteiger charge is 2.35. The summed E-state index contributed by atoms with van der Waals surface area (Å²) in [6, 6.07) is 11.3. The first-order valence-corrected chi connectivity index (χ1v) is 11.2. The maximum atomic E-state index is 12.9. The van der Waals surface area contributed by atoms with E-state index >= 15 is 0 Å². The highest BCUT2D eigenvalue weighted by atomic mass is 16.5. The van der Waals surface area contributed by atoms with E-state index in [2.05, 4.69) is 15.3 Å². The van der Waals surface area contributed by atoms with Crippen LogP contribution < -0.4 is 0 Å². The molecule has 1 aromatic carbocycles. The van der Waals surface area contributed by atoms with Gasteiger partial charge in [-0.2, -0.15) is 0 Å². The lowest BCUT2D eigenvalue weighted by Crippen LogP contribution is -2.48. The molecule has 2 amide bonds. The van der Waals surface area contributed by atoms with Gasteiger partial charge in [0.1, 0.15) is 5.69 Å². The van der Waals surface area contributed by atoms with Gasteiger partial charge in [-0.3, -0.25) is 9.59 Å². The maximum Gasteiger partial charge on any atom is 0.276 e. The number of carbonyl (C=O) groups is 2. The molecule has 0 bridgehead atoms. The van der Waals surface area contributed by atoms with E-state index in [1.54, 1.807) is 22.1 Å². The van der Waals surface area contributed by atoms with E-state index in [1.807, 2.05) is 30.3 Å². The summed E-state index contributed by atoms with van der Waals surface area (Å²) in [5.41, 5.74) is 0.420. The molecule has 0 saturated carbocycles. The minimum Gasteiger partial charge on any atom is -0.388 e. The smallest absolute Gasteiger partial charge is 0.276 e. The second kappa shape index (κ2) is 8.87. The van der Waals surface area contributed by atoms with Crippen molar-refractivity contribution in [3.8, 4) is 0 Å². The summed E-state index contributed by atoms with van der Waals surface area (Å²) in [6.45, 7) is 3.15. The third kappa shape index (κ3) is 4.57. The van der Waals surface area contributed by atoms with Crippen LogP contribution in [0.25, 0.3) is 10.9 Å². The number of pyridine rings is 1. The Bertz CT molecular complexity index is 1160. The minimum absolute atomic E-state index is 0.137. The third-order valence-electron chi connectivity index (χ3n) is 6.31. The minimum atomic E-state index is -1.03. The Balaban J connectivity index is 1.20. The van der Waals surface area contributed by atoms with E-state index in [0.717, 1.165) is 10.9 Å². The molecule has 172 valence electrons. The molecule has 0 atom stereocenters. The van der Waals surface area contributed by atoms with Gasteiger partial charge in [-0.05, 0) is 25.0 Å². The topological polar surface area (TPSA) is 114 Å². The van der Waals surface area contributed by atoms with Gasteiger partial charge in [0.25, 0.3) is 11.8 Å². The van der Waals surface area contributed by atoms with Crippen LogP contribution in [0.15, 0.2) is 42.6 Å². The molecule has 0 aliphatic carbocycles. The average molecular weight is 450 g/mol. The Kier molecular flexibility index (Phi) is 5.77. The van der Waals surface area contributed by atoms with Crippen molar-refractivity contribution in [2.45, 2.75) is 25.0 Å². The molecular weight excluding hydrogens is 424 g/mol. The first-order valence-electron chi connectivity index (χ1n) is 11.2. The molecule has 4 heterocycles. The summed E-state index contributed by atoms with van der Waals surface area (Å²) in [4.78, 5) is 33.4. The van der Waals surface area contributed by atoms with Crippen molar-refractivity contribution in [3.05, 3.63) is 54.0 Å². The van der Waals surface area contributed by atoms with Crippen molar-refractivity contribution in [1.29, 1.82) is 0 Å². The third-order valence-corrected chi connectivity index (χ3v) is 6.31. The van der Waals surface area contributed by atoms with Gasteiger partial charge in [-0.25, -0.2) is 9.67 Å². The molecule has 2 aliphatic rings. The van der Waals surface area contributed by atoms with Crippen molar-refractivity contribution >= 4 is 22.7 Å². The van der Waals surface area contributed by atoms with Crippen molar-refractivity contribution in [3.63, 3.8) is 0 Å². The highest BCUT2D eigenvalue weighted by molar-refractivity contribution is 5.95. The Morgan fingerprint density at radius 1 is 0.939 bits per heavy atom. The molecule has 33 heavy (non-hydrogen) atoms. The number of aromatic nitrogens is 4. The summed E-state index contributed by atoms with van der Waals surface area (Å²) in [7, 11) is 0. The SMILES string of the molecule is O=C(c1cn(CC2(O)CCN(C(=O)c3ccc4ccccc4n3)CC2)nn1)N1CCOCC1. The van der Waals surface area contributed by atoms with E-state index in [1.165, 1.54) is 4.68 Å². The first kappa shape index (κ1) is 21.5. The van der Waals surface area contributed by atoms with Gasteiger partial charge in [0, 0.05) is 31.6 Å². The number of para-hydroxylation sites is 1. The van der Waals surface area contributed by atoms with Crippen LogP contribution >= 0.6 is 0 Å². The number of aliphatic hydroxyl groups is 1. The van der Waals surface area contributed by atoms with Crippen LogP contribution in [0.1, 0.15) is 33.8 Å². The zero-order valence-corrected chi connectivity index (χ0v) is 18.3. The Hall–Kier alpha value is -3.37. The van der Waals surface area contributed by atoms with Gasteiger partial charge < -0.3 is 19.6 Å². The lowest BCUT2D eigenvalue weighted by molar-refractivity contribution is -0.0319. The van der Waals surface area contributed by atoms with Gasteiger partial charge in [-0.15, -0.1) is 5.10 Å². The molecule has 3 aromatic rings. The van der Waals surface area contributed by atoms with E-state index in [0.29, 0.717) is 57.9 Å². The van der Waals surface area contributed by atoms with Gasteiger partial charge in [0.15, 0.2) is 5.69 Å². The number of fused-ring (bicyclic) bond motifs is 1. The molecule has 0 unspecified atom stereocenters. The summed E-state index contributed by atoms with van der Waals surface area (Å²) >= 11 is 0. The molecule has 1 N–H and O–H groups in total. The fraction of sp³-hybridized carbons (Fsp3) is 0.435. The first-order chi connectivity index (χ1) is 16.0. The number of carbonyl (C=O) groups excluding carboxylic acids is 2. The predicted molar refractivity (Wildman–Crippen MR) is 119 cm³/mol. The van der Waals surface area contributed by atoms with E-state index < -0.39 is 5.60 Å². The number of amides is 2. The monoisotopic (exact) mass is 450 g/mol. The standard InChI is InChI=1S/C23H26N6O4/c30-21(19-6-5-17-3-1-2-4-18(17)24-19)27-9-7-23(32,8-10-27)16-29-15-20(25-26-29)22(31)28-11-13-33-14-12-28/h1-6,15,32H,7-14,16H2. The number of benzene rings is 1. The fourth-order valence-electron chi connectivity index (χ4n) is 4.33. The predicted octanol–water partition coefficient (Wildman–Crippen LogP) is 0.966. The van der Waals surface area contributed by atoms with E-state index in [-0.39, 0.29) is 24.1 Å². The molecule has 2 aliphatic heterocycles. The molecule has 10 heteroatoms. The number of morpholine rings is 1. The van der Waals surface area contributed by atoms with Crippen molar-refractivity contribution in [1.82, 2.24) is 29.8 Å². The summed E-state index contributed by atoms with van der Waals surface area (Å²) in [6.07, 6.45) is 2.38. The largest absolute Gasteiger partial charge is 0.388 e. The van der Waals surface area contributed by atoms with E-state index in [9.17, 15) is 14.7 Å². The van der Waals surface area contributed by atoms with Crippen molar-refractivity contribution in [2.75, 3.05) is 39.4 Å². The van der Waals surface area contributed by atoms with Crippen molar-refractivity contribution in [2.24, 2.45) is 0 Å². The van der Waals surface area contributed by atoms with Gasteiger partial charge >= 0.3 is 0 Å². The van der Waals surface area contributed by atoms with Crippen molar-refractivity contribution < 1.29 is 19.4 Å².